The predicted octanol–water partition coefficient (Wildman–Crippen LogP) is 12.1. The lowest BCUT2D eigenvalue weighted by Crippen LogP contribution is -2.16. The maximum absolute atomic E-state index is 2.46. The Hall–Kier alpha value is -5.86. The summed E-state index contributed by atoms with van der Waals surface area (Å²) in [6, 6.07) is 58.2. The number of hydrogen-bond acceptors (Lipinski definition) is 1. The summed E-state index contributed by atoms with van der Waals surface area (Å²) in [6.45, 7) is 4.78. The second-order valence-corrected chi connectivity index (χ2v) is 13.8. The van der Waals surface area contributed by atoms with Crippen LogP contribution >= 0.6 is 0 Å². The molecule has 1 aromatic heterocycles. The van der Waals surface area contributed by atoms with Crippen LogP contribution in [0.3, 0.4) is 0 Å². The molecule has 0 bridgehead atoms. The summed E-state index contributed by atoms with van der Waals surface area (Å²) in [5, 5.41) is 2.59. The maximum atomic E-state index is 2.46. The average molecular weight is 615 g/mol. The molecule has 228 valence electrons. The van der Waals surface area contributed by atoms with Crippen LogP contribution in [0.5, 0.6) is 0 Å². The average Bonchev–Trinajstić information content (AvgIpc) is 3.73. The molecule has 10 rings (SSSR count). The number of benzene rings is 7. The minimum absolute atomic E-state index is 0.172. The van der Waals surface area contributed by atoms with Crippen LogP contribution in [0.2, 0.25) is 0 Å². The van der Waals surface area contributed by atoms with Crippen molar-refractivity contribution in [1.29, 1.82) is 0 Å². The summed E-state index contributed by atoms with van der Waals surface area (Å²) in [5.41, 5.74) is 18.0. The van der Waals surface area contributed by atoms with Crippen molar-refractivity contribution in [3.8, 4) is 27.9 Å². The van der Waals surface area contributed by atoms with E-state index in [2.05, 4.69) is 181 Å². The number of rotatable bonds is 4. The predicted molar refractivity (Wildman–Crippen MR) is 201 cm³/mol. The maximum Gasteiger partial charge on any atom is 0.0544 e. The van der Waals surface area contributed by atoms with Crippen molar-refractivity contribution >= 4 is 38.9 Å². The van der Waals surface area contributed by atoms with Gasteiger partial charge in [-0.05, 0) is 118 Å². The molecule has 0 saturated heterocycles. The van der Waals surface area contributed by atoms with Crippen molar-refractivity contribution in [3.05, 3.63) is 180 Å². The first-order valence-corrected chi connectivity index (χ1v) is 16.9. The Morgan fingerprint density at radius 3 is 1.94 bits per heavy atom. The van der Waals surface area contributed by atoms with Crippen LogP contribution in [0.15, 0.2) is 158 Å². The van der Waals surface area contributed by atoms with E-state index in [-0.39, 0.29) is 5.41 Å². The Kier molecular flexibility index (Phi) is 5.72. The van der Waals surface area contributed by atoms with Crippen LogP contribution in [-0.2, 0) is 11.8 Å². The molecule has 0 atom stereocenters. The second-order valence-electron chi connectivity index (χ2n) is 13.8. The molecular formula is C46H34N2. The fraction of sp³-hybridized carbons (Fsp3) is 0.0870. The van der Waals surface area contributed by atoms with Crippen LogP contribution in [0.1, 0.15) is 36.1 Å². The standard InChI is InChI=1S/C46H34N2/c1-46(2)42-27-35(47(32-14-5-3-6-15-32)34-21-23-37-31(26-34)25-30-13-9-10-18-36(30)37)22-24-38(42)40-28-41-39-19-11-12-20-44(39)48(45(41)29-43(40)46)33-16-7-4-8-17-33/h3-24,26-29H,25H2,1-2H3. The molecule has 2 nitrogen and oxygen atoms in total. The van der Waals surface area contributed by atoms with Crippen molar-refractivity contribution < 1.29 is 0 Å². The summed E-state index contributed by atoms with van der Waals surface area (Å²) < 4.78 is 2.43. The Labute approximate surface area is 281 Å². The van der Waals surface area contributed by atoms with Crippen LogP contribution < -0.4 is 4.90 Å². The number of fused-ring (bicyclic) bond motifs is 9. The fourth-order valence-corrected chi connectivity index (χ4v) is 8.47. The number of hydrogen-bond donors (Lipinski definition) is 0. The van der Waals surface area contributed by atoms with E-state index in [0.717, 1.165) is 12.1 Å². The van der Waals surface area contributed by atoms with Crippen LogP contribution in [-0.4, -0.2) is 4.57 Å². The Bertz CT molecular complexity index is 2550. The molecule has 0 amide bonds. The highest BCUT2D eigenvalue weighted by Gasteiger charge is 2.37. The van der Waals surface area contributed by atoms with Gasteiger partial charge >= 0.3 is 0 Å². The Morgan fingerprint density at radius 2 is 1.10 bits per heavy atom. The summed E-state index contributed by atoms with van der Waals surface area (Å²) in [6.07, 6.45) is 0.975. The van der Waals surface area contributed by atoms with E-state index in [4.69, 9.17) is 0 Å². The molecule has 0 spiro atoms. The first kappa shape index (κ1) is 27.3. The molecule has 2 aliphatic rings. The van der Waals surface area contributed by atoms with Crippen molar-refractivity contribution in [2.75, 3.05) is 4.90 Å². The van der Waals surface area contributed by atoms with Crippen molar-refractivity contribution in [1.82, 2.24) is 4.57 Å². The van der Waals surface area contributed by atoms with Crippen LogP contribution in [0.25, 0.3) is 49.7 Å². The van der Waals surface area contributed by atoms with E-state index < -0.39 is 0 Å². The molecule has 48 heavy (non-hydrogen) atoms. The molecule has 8 aromatic rings. The fourth-order valence-electron chi connectivity index (χ4n) is 8.47. The van der Waals surface area contributed by atoms with E-state index in [1.165, 1.54) is 83.4 Å². The number of para-hydroxylation sites is 3. The molecule has 1 heterocycles. The van der Waals surface area contributed by atoms with Crippen molar-refractivity contribution in [2.24, 2.45) is 0 Å². The molecule has 0 unspecified atom stereocenters. The zero-order valence-electron chi connectivity index (χ0n) is 27.1. The van der Waals surface area contributed by atoms with Gasteiger partial charge in [0.15, 0.2) is 0 Å². The van der Waals surface area contributed by atoms with Gasteiger partial charge in [0, 0.05) is 38.9 Å². The quantitative estimate of drug-likeness (QED) is 0.191. The topological polar surface area (TPSA) is 8.17 Å². The molecule has 2 aliphatic carbocycles. The highest BCUT2D eigenvalue weighted by molar-refractivity contribution is 6.11. The van der Waals surface area contributed by atoms with Crippen LogP contribution in [0, 0.1) is 0 Å². The third-order valence-corrected chi connectivity index (χ3v) is 10.8. The SMILES string of the molecule is CC1(C)c2cc(N(c3ccccc3)c3ccc4c(c3)Cc3ccccc3-4)ccc2-c2cc3c4ccccc4n(-c4ccccc4)c3cc21. The first-order chi connectivity index (χ1) is 23.6. The second kappa shape index (κ2) is 10.1. The van der Waals surface area contributed by atoms with Gasteiger partial charge in [0.1, 0.15) is 0 Å². The van der Waals surface area contributed by atoms with Gasteiger partial charge < -0.3 is 9.47 Å². The lowest BCUT2D eigenvalue weighted by atomic mass is 9.82. The molecule has 2 heteroatoms. The smallest absolute Gasteiger partial charge is 0.0544 e. The van der Waals surface area contributed by atoms with Gasteiger partial charge in [0.2, 0.25) is 0 Å². The Morgan fingerprint density at radius 1 is 0.458 bits per heavy atom. The first-order valence-electron chi connectivity index (χ1n) is 16.9. The highest BCUT2D eigenvalue weighted by Crippen LogP contribution is 2.53. The number of aromatic nitrogens is 1. The molecule has 0 aliphatic heterocycles. The van der Waals surface area contributed by atoms with E-state index in [1.807, 2.05) is 0 Å². The minimum Gasteiger partial charge on any atom is -0.310 e. The molecule has 0 fully saturated rings. The van der Waals surface area contributed by atoms with Crippen molar-refractivity contribution in [3.63, 3.8) is 0 Å². The summed E-state index contributed by atoms with van der Waals surface area (Å²) in [4.78, 5) is 2.43. The number of nitrogens with zero attached hydrogens (tertiary/aromatic N) is 2. The van der Waals surface area contributed by atoms with E-state index in [9.17, 15) is 0 Å². The van der Waals surface area contributed by atoms with Gasteiger partial charge in [-0.2, -0.15) is 0 Å². The summed E-state index contributed by atoms with van der Waals surface area (Å²) in [7, 11) is 0. The van der Waals surface area contributed by atoms with Gasteiger partial charge in [-0.15, -0.1) is 0 Å². The van der Waals surface area contributed by atoms with Crippen molar-refractivity contribution in [2.45, 2.75) is 25.7 Å². The lowest BCUT2D eigenvalue weighted by Gasteiger charge is -2.28. The molecule has 0 saturated carbocycles. The summed E-state index contributed by atoms with van der Waals surface area (Å²) >= 11 is 0. The highest BCUT2D eigenvalue weighted by atomic mass is 15.1. The van der Waals surface area contributed by atoms with Gasteiger partial charge in [0.25, 0.3) is 0 Å². The zero-order chi connectivity index (χ0) is 32.0. The third kappa shape index (κ3) is 3.86. The van der Waals surface area contributed by atoms with E-state index >= 15 is 0 Å². The minimum atomic E-state index is -0.172. The normalized spacial score (nSPS) is 13.7. The Balaban J connectivity index is 1.14. The largest absolute Gasteiger partial charge is 0.310 e. The summed E-state index contributed by atoms with van der Waals surface area (Å²) in [5.74, 6) is 0. The van der Waals surface area contributed by atoms with Gasteiger partial charge in [0.05, 0.1) is 11.0 Å². The molecular weight excluding hydrogens is 581 g/mol. The monoisotopic (exact) mass is 614 g/mol. The van der Waals surface area contributed by atoms with Gasteiger partial charge in [-0.25, -0.2) is 0 Å². The number of anilines is 3. The van der Waals surface area contributed by atoms with Gasteiger partial charge in [-0.3, -0.25) is 0 Å². The van der Waals surface area contributed by atoms with E-state index in [0.29, 0.717) is 0 Å². The van der Waals surface area contributed by atoms with Gasteiger partial charge in [-0.1, -0.05) is 105 Å². The zero-order valence-corrected chi connectivity index (χ0v) is 27.1. The molecule has 0 N–H and O–H groups in total. The van der Waals surface area contributed by atoms with E-state index in [1.54, 1.807) is 0 Å². The van der Waals surface area contributed by atoms with Crippen LogP contribution in [0.4, 0.5) is 17.1 Å². The molecule has 7 aromatic carbocycles. The molecule has 0 radical (unpaired) electrons. The lowest BCUT2D eigenvalue weighted by molar-refractivity contribution is 0.661. The third-order valence-electron chi connectivity index (χ3n) is 10.8.